The summed E-state index contributed by atoms with van der Waals surface area (Å²) in [4.78, 5) is 2.26. The third-order valence-corrected chi connectivity index (χ3v) is 3.32. The van der Waals surface area contributed by atoms with Crippen molar-refractivity contribution < 1.29 is 0 Å². The van der Waals surface area contributed by atoms with Crippen LogP contribution in [0.25, 0.3) is 0 Å². The topological polar surface area (TPSA) is 27.1 Å². The zero-order valence-electron chi connectivity index (χ0n) is 9.95. The average molecular weight is 216 g/mol. The van der Waals surface area contributed by atoms with Gasteiger partial charge in [0.15, 0.2) is 0 Å². The Balaban J connectivity index is 1.97. The molecule has 0 radical (unpaired) electrons. The highest BCUT2D eigenvalue weighted by molar-refractivity contribution is 5.80. The van der Waals surface area contributed by atoms with Crippen molar-refractivity contribution in [3.8, 4) is 0 Å². The van der Waals surface area contributed by atoms with Crippen LogP contribution in [-0.2, 0) is 6.42 Å². The van der Waals surface area contributed by atoms with Crippen molar-refractivity contribution in [2.24, 2.45) is 0 Å². The zero-order valence-corrected chi connectivity index (χ0v) is 9.95. The van der Waals surface area contributed by atoms with Crippen molar-refractivity contribution in [2.45, 2.75) is 38.6 Å². The SMILES string of the molecule is CC(Cc1ccccc1)N1CCCCC1=N. The molecule has 2 rings (SSSR count). The van der Waals surface area contributed by atoms with Gasteiger partial charge >= 0.3 is 0 Å². The maximum atomic E-state index is 7.97. The normalized spacial score (nSPS) is 18.6. The molecule has 1 N–H and O–H groups in total. The number of likely N-dealkylation sites (tertiary alicyclic amines) is 1. The number of benzene rings is 1. The molecule has 0 aromatic heterocycles. The fourth-order valence-corrected chi connectivity index (χ4v) is 2.40. The maximum Gasteiger partial charge on any atom is 0.0960 e. The fraction of sp³-hybridized carbons (Fsp3) is 0.500. The third-order valence-electron chi connectivity index (χ3n) is 3.32. The van der Waals surface area contributed by atoms with Crippen LogP contribution in [0.2, 0.25) is 0 Å². The van der Waals surface area contributed by atoms with E-state index in [-0.39, 0.29) is 0 Å². The van der Waals surface area contributed by atoms with Crippen LogP contribution in [0.3, 0.4) is 0 Å². The van der Waals surface area contributed by atoms with Gasteiger partial charge in [-0.15, -0.1) is 0 Å². The quantitative estimate of drug-likeness (QED) is 0.826. The van der Waals surface area contributed by atoms with E-state index in [2.05, 4.69) is 42.2 Å². The van der Waals surface area contributed by atoms with Gasteiger partial charge in [-0.1, -0.05) is 30.3 Å². The number of nitrogens with zero attached hydrogens (tertiary/aromatic N) is 1. The van der Waals surface area contributed by atoms with Gasteiger partial charge in [0.25, 0.3) is 0 Å². The molecule has 1 fully saturated rings. The Bertz CT molecular complexity index is 345. The molecule has 0 spiro atoms. The van der Waals surface area contributed by atoms with Gasteiger partial charge in [-0.3, -0.25) is 5.41 Å². The minimum absolute atomic E-state index is 0.454. The van der Waals surface area contributed by atoms with Crippen LogP contribution in [-0.4, -0.2) is 23.3 Å². The zero-order chi connectivity index (χ0) is 11.4. The first-order valence-corrected chi connectivity index (χ1v) is 6.15. The highest BCUT2D eigenvalue weighted by Crippen LogP contribution is 2.16. The van der Waals surface area contributed by atoms with Crippen molar-refractivity contribution in [1.82, 2.24) is 4.90 Å². The van der Waals surface area contributed by atoms with Crippen LogP contribution in [0.4, 0.5) is 0 Å². The van der Waals surface area contributed by atoms with Crippen LogP contribution < -0.4 is 0 Å². The van der Waals surface area contributed by atoms with E-state index in [0.717, 1.165) is 25.2 Å². The molecule has 1 unspecified atom stereocenters. The Labute approximate surface area is 97.8 Å². The van der Waals surface area contributed by atoms with E-state index in [9.17, 15) is 0 Å². The summed E-state index contributed by atoms with van der Waals surface area (Å²) in [6.45, 7) is 3.29. The number of hydrogen-bond acceptors (Lipinski definition) is 1. The molecule has 0 saturated carbocycles. The lowest BCUT2D eigenvalue weighted by atomic mass is 10.0. The van der Waals surface area contributed by atoms with E-state index in [1.165, 1.54) is 18.4 Å². The smallest absolute Gasteiger partial charge is 0.0960 e. The summed E-state index contributed by atoms with van der Waals surface area (Å²) >= 11 is 0. The van der Waals surface area contributed by atoms with E-state index in [1.807, 2.05) is 0 Å². The van der Waals surface area contributed by atoms with Crippen LogP contribution in [0.1, 0.15) is 31.7 Å². The molecule has 86 valence electrons. The fourth-order valence-electron chi connectivity index (χ4n) is 2.40. The van der Waals surface area contributed by atoms with Gasteiger partial charge in [-0.25, -0.2) is 0 Å². The molecule has 1 aliphatic rings. The number of nitrogens with one attached hydrogen (secondary N) is 1. The number of piperidine rings is 1. The van der Waals surface area contributed by atoms with Crippen molar-refractivity contribution in [1.29, 1.82) is 5.41 Å². The molecule has 1 aromatic rings. The summed E-state index contributed by atoms with van der Waals surface area (Å²) in [5.41, 5.74) is 1.37. The Morgan fingerprint density at radius 2 is 2.00 bits per heavy atom. The van der Waals surface area contributed by atoms with Crippen molar-refractivity contribution in [3.05, 3.63) is 35.9 Å². The molecule has 1 aliphatic heterocycles. The third kappa shape index (κ3) is 2.63. The Hall–Kier alpha value is -1.31. The molecule has 2 heteroatoms. The molecule has 1 aromatic carbocycles. The lowest BCUT2D eigenvalue weighted by Crippen LogP contribution is -2.42. The monoisotopic (exact) mass is 216 g/mol. The first kappa shape index (κ1) is 11.2. The molecule has 1 saturated heterocycles. The number of rotatable bonds is 3. The lowest BCUT2D eigenvalue weighted by molar-refractivity contribution is 0.293. The van der Waals surface area contributed by atoms with E-state index < -0.39 is 0 Å². The molecular weight excluding hydrogens is 196 g/mol. The van der Waals surface area contributed by atoms with Crippen LogP contribution in [0.5, 0.6) is 0 Å². The summed E-state index contributed by atoms with van der Waals surface area (Å²) in [6.07, 6.45) is 4.43. The molecular formula is C14H20N2. The second-order valence-corrected chi connectivity index (χ2v) is 4.64. The first-order chi connectivity index (χ1) is 7.77. The average Bonchev–Trinajstić information content (AvgIpc) is 2.31. The van der Waals surface area contributed by atoms with E-state index in [1.54, 1.807) is 0 Å². The predicted molar refractivity (Wildman–Crippen MR) is 67.9 cm³/mol. The molecule has 0 aliphatic carbocycles. The summed E-state index contributed by atoms with van der Waals surface area (Å²) in [5, 5.41) is 7.97. The van der Waals surface area contributed by atoms with Gasteiger partial charge in [-0.05, 0) is 31.7 Å². The number of amidine groups is 1. The molecule has 1 atom stereocenters. The van der Waals surface area contributed by atoms with E-state index in [4.69, 9.17) is 5.41 Å². The van der Waals surface area contributed by atoms with E-state index in [0.29, 0.717) is 6.04 Å². The van der Waals surface area contributed by atoms with Crippen molar-refractivity contribution in [3.63, 3.8) is 0 Å². The summed E-state index contributed by atoms with van der Waals surface area (Å²) in [7, 11) is 0. The van der Waals surface area contributed by atoms with Crippen LogP contribution >= 0.6 is 0 Å². The minimum Gasteiger partial charge on any atom is -0.358 e. The Morgan fingerprint density at radius 1 is 1.25 bits per heavy atom. The van der Waals surface area contributed by atoms with Crippen molar-refractivity contribution in [2.75, 3.05) is 6.54 Å². The van der Waals surface area contributed by atoms with Gasteiger partial charge in [0.2, 0.25) is 0 Å². The predicted octanol–water partition coefficient (Wildman–Crippen LogP) is 3.08. The standard InChI is InChI=1S/C14H20N2/c1-12(11-13-7-3-2-4-8-13)16-10-6-5-9-14(16)15/h2-4,7-8,12,15H,5-6,9-11H2,1H3. The largest absolute Gasteiger partial charge is 0.358 e. The van der Waals surface area contributed by atoms with Gasteiger partial charge in [0, 0.05) is 19.0 Å². The first-order valence-electron chi connectivity index (χ1n) is 6.15. The van der Waals surface area contributed by atoms with Gasteiger partial charge in [-0.2, -0.15) is 0 Å². The summed E-state index contributed by atoms with van der Waals surface area (Å²) in [6, 6.07) is 11.0. The maximum absolute atomic E-state index is 7.97. The Morgan fingerprint density at radius 3 is 2.69 bits per heavy atom. The highest BCUT2D eigenvalue weighted by Gasteiger charge is 2.20. The molecule has 1 heterocycles. The summed E-state index contributed by atoms with van der Waals surface area (Å²) < 4.78 is 0. The molecule has 2 nitrogen and oxygen atoms in total. The lowest BCUT2D eigenvalue weighted by Gasteiger charge is -2.35. The Kier molecular flexibility index (Phi) is 3.60. The van der Waals surface area contributed by atoms with Gasteiger partial charge < -0.3 is 4.90 Å². The summed E-state index contributed by atoms with van der Waals surface area (Å²) in [5.74, 6) is 0.828. The second-order valence-electron chi connectivity index (χ2n) is 4.64. The molecule has 0 bridgehead atoms. The van der Waals surface area contributed by atoms with E-state index >= 15 is 0 Å². The van der Waals surface area contributed by atoms with Crippen molar-refractivity contribution >= 4 is 5.84 Å². The second kappa shape index (κ2) is 5.15. The molecule has 0 amide bonds. The minimum atomic E-state index is 0.454. The molecule has 16 heavy (non-hydrogen) atoms. The van der Waals surface area contributed by atoms with Crippen LogP contribution in [0, 0.1) is 5.41 Å². The highest BCUT2D eigenvalue weighted by atomic mass is 15.2. The number of hydrogen-bond donors (Lipinski definition) is 1. The van der Waals surface area contributed by atoms with Gasteiger partial charge in [0.1, 0.15) is 0 Å². The van der Waals surface area contributed by atoms with Gasteiger partial charge in [0.05, 0.1) is 5.84 Å². The van der Waals surface area contributed by atoms with Crippen LogP contribution in [0.15, 0.2) is 30.3 Å².